The Morgan fingerprint density at radius 1 is 1.04 bits per heavy atom. The van der Waals surface area contributed by atoms with Crippen LogP contribution in [0.2, 0.25) is 0 Å². The number of rotatable bonds is 5. The second kappa shape index (κ2) is 7.07. The fourth-order valence-corrected chi connectivity index (χ4v) is 2.97. The summed E-state index contributed by atoms with van der Waals surface area (Å²) in [5, 5.41) is 17.7. The number of para-hydroxylation sites is 1. The first-order chi connectivity index (χ1) is 11.3. The first-order valence-electron chi connectivity index (χ1n) is 7.07. The van der Waals surface area contributed by atoms with Crippen LogP contribution in [0.5, 0.6) is 0 Å². The first-order valence-corrected chi connectivity index (χ1v) is 8.05. The zero-order valence-corrected chi connectivity index (χ0v) is 13.0. The van der Waals surface area contributed by atoms with Crippen molar-refractivity contribution in [2.24, 2.45) is 0 Å². The Balaban J connectivity index is 2.10. The average molecular weight is 324 g/mol. The van der Waals surface area contributed by atoms with E-state index in [-0.39, 0.29) is 5.82 Å². The highest BCUT2D eigenvalue weighted by Gasteiger charge is 2.18. The monoisotopic (exact) mass is 324 g/mol. The quantitative estimate of drug-likeness (QED) is 0.524. The Bertz CT molecular complexity index is 839. The van der Waals surface area contributed by atoms with Gasteiger partial charge in [0.15, 0.2) is 11.0 Å². The van der Waals surface area contributed by atoms with Crippen LogP contribution in [0.25, 0.3) is 17.1 Å². The molecule has 0 fully saturated rings. The number of halogens is 1. The smallest absolute Gasteiger partial charge is 0.196 e. The van der Waals surface area contributed by atoms with E-state index in [1.54, 1.807) is 18.2 Å². The van der Waals surface area contributed by atoms with Gasteiger partial charge in [-0.3, -0.25) is 4.57 Å². The molecule has 4 nitrogen and oxygen atoms in total. The Morgan fingerprint density at radius 3 is 2.52 bits per heavy atom. The SMILES string of the molecule is N#CCCSc1nnc(-c2ccccc2F)n1-c1ccccc1. The minimum absolute atomic E-state index is 0.342. The summed E-state index contributed by atoms with van der Waals surface area (Å²) in [6, 6.07) is 18.2. The molecule has 0 bridgehead atoms. The third kappa shape index (κ3) is 3.25. The fraction of sp³-hybridized carbons (Fsp3) is 0.118. The van der Waals surface area contributed by atoms with E-state index in [9.17, 15) is 4.39 Å². The second-order valence-electron chi connectivity index (χ2n) is 4.71. The van der Waals surface area contributed by atoms with Gasteiger partial charge in [-0.2, -0.15) is 5.26 Å². The number of benzene rings is 2. The van der Waals surface area contributed by atoms with Crippen molar-refractivity contribution in [2.45, 2.75) is 11.6 Å². The van der Waals surface area contributed by atoms with E-state index in [4.69, 9.17) is 5.26 Å². The van der Waals surface area contributed by atoms with E-state index in [1.165, 1.54) is 17.8 Å². The van der Waals surface area contributed by atoms with Gasteiger partial charge in [0.1, 0.15) is 5.82 Å². The van der Waals surface area contributed by atoms with Gasteiger partial charge in [0.05, 0.1) is 11.6 Å². The summed E-state index contributed by atoms with van der Waals surface area (Å²) in [7, 11) is 0. The summed E-state index contributed by atoms with van der Waals surface area (Å²) in [4.78, 5) is 0. The van der Waals surface area contributed by atoms with Gasteiger partial charge >= 0.3 is 0 Å². The maximum absolute atomic E-state index is 14.2. The minimum Gasteiger partial charge on any atom is -0.270 e. The van der Waals surface area contributed by atoms with Gasteiger partial charge in [-0.15, -0.1) is 10.2 Å². The fourth-order valence-electron chi connectivity index (χ4n) is 2.18. The molecule has 0 aliphatic carbocycles. The van der Waals surface area contributed by atoms with Crippen molar-refractivity contribution in [3.8, 4) is 23.1 Å². The van der Waals surface area contributed by atoms with Crippen molar-refractivity contribution in [1.29, 1.82) is 5.26 Å². The molecule has 0 N–H and O–H groups in total. The molecule has 0 amide bonds. The molecular formula is C17H13FN4S. The van der Waals surface area contributed by atoms with Crippen molar-refractivity contribution in [3.63, 3.8) is 0 Å². The van der Waals surface area contributed by atoms with Gasteiger partial charge in [-0.25, -0.2) is 4.39 Å². The van der Waals surface area contributed by atoms with Crippen molar-refractivity contribution in [3.05, 3.63) is 60.4 Å². The summed E-state index contributed by atoms with van der Waals surface area (Å²) >= 11 is 1.43. The summed E-state index contributed by atoms with van der Waals surface area (Å²) in [5.41, 5.74) is 1.26. The molecule has 3 rings (SSSR count). The van der Waals surface area contributed by atoms with Crippen LogP contribution in [0.4, 0.5) is 4.39 Å². The molecule has 0 spiro atoms. The van der Waals surface area contributed by atoms with Crippen LogP contribution in [-0.2, 0) is 0 Å². The maximum Gasteiger partial charge on any atom is 0.196 e. The molecule has 3 aromatic rings. The minimum atomic E-state index is -0.342. The normalized spacial score (nSPS) is 10.4. The molecule has 0 saturated carbocycles. The Labute approximate surface area is 137 Å². The standard InChI is InChI=1S/C17H13FN4S/c18-15-10-5-4-9-14(15)16-20-21-17(23-12-6-11-19)22(16)13-7-2-1-3-8-13/h1-5,7-10H,6,12H2. The van der Waals surface area contributed by atoms with Crippen LogP contribution < -0.4 is 0 Å². The molecule has 0 unspecified atom stereocenters. The molecule has 23 heavy (non-hydrogen) atoms. The van der Waals surface area contributed by atoms with Crippen LogP contribution in [0, 0.1) is 17.1 Å². The molecule has 114 valence electrons. The predicted molar refractivity (Wildman–Crippen MR) is 87.7 cm³/mol. The number of thioether (sulfide) groups is 1. The van der Waals surface area contributed by atoms with Crippen molar-refractivity contribution >= 4 is 11.8 Å². The van der Waals surface area contributed by atoms with E-state index in [1.807, 2.05) is 34.9 Å². The van der Waals surface area contributed by atoms with Crippen LogP contribution in [0.3, 0.4) is 0 Å². The van der Waals surface area contributed by atoms with Crippen molar-refractivity contribution in [2.75, 3.05) is 5.75 Å². The molecule has 1 heterocycles. The number of hydrogen-bond donors (Lipinski definition) is 0. The third-order valence-corrected chi connectivity index (χ3v) is 4.14. The van der Waals surface area contributed by atoms with E-state index in [0.29, 0.717) is 28.7 Å². The van der Waals surface area contributed by atoms with Crippen LogP contribution >= 0.6 is 11.8 Å². The molecule has 6 heteroatoms. The first kappa shape index (κ1) is 15.3. The topological polar surface area (TPSA) is 54.5 Å². The Kier molecular flexibility index (Phi) is 4.69. The summed E-state index contributed by atoms with van der Waals surface area (Å²) in [6.45, 7) is 0. The molecule has 0 atom stereocenters. The van der Waals surface area contributed by atoms with Gasteiger partial charge in [-0.05, 0) is 24.3 Å². The molecule has 0 radical (unpaired) electrons. The van der Waals surface area contributed by atoms with Gasteiger partial charge < -0.3 is 0 Å². The van der Waals surface area contributed by atoms with Crippen molar-refractivity contribution < 1.29 is 4.39 Å². The van der Waals surface area contributed by atoms with E-state index in [0.717, 1.165) is 5.69 Å². The highest BCUT2D eigenvalue weighted by Crippen LogP contribution is 2.29. The molecule has 0 saturated heterocycles. The highest BCUT2D eigenvalue weighted by atomic mass is 32.2. The lowest BCUT2D eigenvalue weighted by atomic mass is 10.2. The lowest BCUT2D eigenvalue weighted by molar-refractivity contribution is 0.629. The van der Waals surface area contributed by atoms with E-state index >= 15 is 0 Å². The Morgan fingerprint density at radius 2 is 1.78 bits per heavy atom. The third-order valence-electron chi connectivity index (χ3n) is 3.21. The summed E-state index contributed by atoms with van der Waals surface area (Å²) < 4.78 is 16.0. The van der Waals surface area contributed by atoms with Gasteiger partial charge in [-0.1, -0.05) is 42.1 Å². The lowest BCUT2D eigenvalue weighted by Crippen LogP contribution is -2.00. The zero-order valence-electron chi connectivity index (χ0n) is 12.2. The summed E-state index contributed by atoms with van der Waals surface area (Å²) in [6.07, 6.45) is 0.418. The Hall–Kier alpha value is -2.65. The molecular weight excluding hydrogens is 311 g/mol. The largest absolute Gasteiger partial charge is 0.270 e. The maximum atomic E-state index is 14.2. The number of hydrogen-bond acceptors (Lipinski definition) is 4. The van der Waals surface area contributed by atoms with E-state index < -0.39 is 0 Å². The molecule has 1 aromatic heterocycles. The van der Waals surface area contributed by atoms with Crippen LogP contribution in [-0.4, -0.2) is 20.5 Å². The van der Waals surface area contributed by atoms with Gasteiger partial charge in [0.25, 0.3) is 0 Å². The van der Waals surface area contributed by atoms with Crippen LogP contribution in [0.1, 0.15) is 6.42 Å². The highest BCUT2D eigenvalue weighted by molar-refractivity contribution is 7.99. The van der Waals surface area contributed by atoms with Gasteiger partial charge in [0.2, 0.25) is 0 Å². The van der Waals surface area contributed by atoms with Crippen LogP contribution in [0.15, 0.2) is 59.8 Å². The van der Waals surface area contributed by atoms with Gasteiger partial charge in [0, 0.05) is 17.9 Å². The summed E-state index contributed by atoms with van der Waals surface area (Å²) in [5.74, 6) is 0.720. The zero-order chi connectivity index (χ0) is 16.1. The number of nitrogens with zero attached hydrogens (tertiary/aromatic N) is 4. The number of aromatic nitrogens is 3. The predicted octanol–water partition coefficient (Wildman–Crippen LogP) is 4.08. The van der Waals surface area contributed by atoms with Crippen molar-refractivity contribution in [1.82, 2.24) is 14.8 Å². The molecule has 2 aromatic carbocycles. The van der Waals surface area contributed by atoms with E-state index in [2.05, 4.69) is 16.3 Å². The molecule has 0 aliphatic heterocycles. The lowest BCUT2D eigenvalue weighted by Gasteiger charge is -2.10. The molecule has 0 aliphatic rings. The number of nitriles is 1. The second-order valence-corrected chi connectivity index (χ2v) is 5.78. The average Bonchev–Trinajstić information content (AvgIpc) is 3.00.